The molecule has 0 spiro atoms. The molecule has 0 aromatic heterocycles. The van der Waals surface area contributed by atoms with Crippen LogP contribution in [-0.4, -0.2) is 35.7 Å². The summed E-state index contributed by atoms with van der Waals surface area (Å²) in [6.07, 6.45) is 3.30. The van der Waals surface area contributed by atoms with Crippen molar-refractivity contribution in [3.05, 3.63) is 12.2 Å². The van der Waals surface area contributed by atoms with E-state index in [1.807, 2.05) is 20.8 Å². The van der Waals surface area contributed by atoms with Gasteiger partial charge in [-0.15, -0.1) is 0 Å². The van der Waals surface area contributed by atoms with Crippen LogP contribution in [0.3, 0.4) is 0 Å². The van der Waals surface area contributed by atoms with Crippen molar-refractivity contribution in [3.8, 4) is 0 Å². The van der Waals surface area contributed by atoms with E-state index in [2.05, 4.69) is 6.58 Å². The molecule has 1 saturated heterocycles. The second-order valence-corrected chi connectivity index (χ2v) is 8.86. The van der Waals surface area contributed by atoms with Gasteiger partial charge in [0.2, 0.25) is 0 Å². The van der Waals surface area contributed by atoms with Gasteiger partial charge >= 0.3 is 17.9 Å². The third-order valence-corrected chi connectivity index (χ3v) is 6.17. The maximum absolute atomic E-state index is 12.4. The zero-order valence-electron chi connectivity index (χ0n) is 16.0. The lowest BCUT2D eigenvalue weighted by Gasteiger charge is -2.38. The molecule has 2 bridgehead atoms. The van der Waals surface area contributed by atoms with Crippen LogP contribution in [-0.2, 0) is 28.6 Å². The molecule has 5 unspecified atom stereocenters. The SMILES string of the molecule is C=C(C)C(=O)OCC(=O)OC1(C)CC2CCC(C1)C1C2C(=O)OC1(C)C. The molecular formula is C20H28O6. The Balaban J connectivity index is 1.71. The first-order chi connectivity index (χ1) is 12.0. The van der Waals surface area contributed by atoms with Crippen molar-refractivity contribution < 1.29 is 28.6 Å². The van der Waals surface area contributed by atoms with Crippen molar-refractivity contribution in [2.45, 2.75) is 64.6 Å². The highest BCUT2D eigenvalue weighted by molar-refractivity contribution is 5.88. The van der Waals surface area contributed by atoms with E-state index < -0.39 is 29.7 Å². The maximum atomic E-state index is 12.4. The minimum Gasteiger partial charge on any atom is -0.459 e. The molecule has 3 saturated carbocycles. The van der Waals surface area contributed by atoms with Crippen molar-refractivity contribution in [3.63, 3.8) is 0 Å². The summed E-state index contributed by atoms with van der Waals surface area (Å²) in [5.41, 5.74) is -0.888. The fourth-order valence-electron chi connectivity index (χ4n) is 5.39. The molecule has 3 aliphatic carbocycles. The van der Waals surface area contributed by atoms with Crippen molar-refractivity contribution in [1.29, 1.82) is 0 Å². The number of rotatable bonds is 4. The first-order valence-electron chi connectivity index (χ1n) is 9.30. The molecule has 6 heteroatoms. The topological polar surface area (TPSA) is 78.9 Å². The molecule has 0 aromatic carbocycles. The van der Waals surface area contributed by atoms with Crippen LogP contribution >= 0.6 is 0 Å². The van der Waals surface area contributed by atoms with Crippen LogP contribution in [0.25, 0.3) is 0 Å². The Labute approximate surface area is 154 Å². The lowest BCUT2D eigenvalue weighted by Crippen LogP contribution is -2.40. The quantitative estimate of drug-likeness (QED) is 0.434. The lowest BCUT2D eigenvalue weighted by molar-refractivity contribution is -0.170. The highest BCUT2D eigenvalue weighted by atomic mass is 16.6. The number of esters is 3. The van der Waals surface area contributed by atoms with E-state index in [0.717, 1.165) is 12.8 Å². The van der Waals surface area contributed by atoms with Gasteiger partial charge in [0.15, 0.2) is 6.61 Å². The van der Waals surface area contributed by atoms with E-state index in [9.17, 15) is 14.4 Å². The van der Waals surface area contributed by atoms with Gasteiger partial charge in [0.05, 0.1) is 5.92 Å². The summed E-state index contributed by atoms with van der Waals surface area (Å²) in [4.78, 5) is 36.1. The van der Waals surface area contributed by atoms with Crippen LogP contribution in [0.1, 0.15) is 53.4 Å². The Morgan fingerprint density at radius 1 is 1.19 bits per heavy atom. The highest BCUT2D eigenvalue weighted by Gasteiger charge is 2.61. The Morgan fingerprint density at radius 2 is 1.81 bits per heavy atom. The number of ether oxygens (including phenoxy) is 3. The first kappa shape index (κ1) is 18.9. The smallest absolute Gasteiger partial charge is 0.344 e. The molecule has 26 heavy (non-hydrogen) atoms. The molecule has 0 radical (unpaired) electrons. The molecule has 1 aliphatic heterocycles. The molecule has 4 aliphatic rings. The normalized spacial score (nSPS) is 37.3. The van der Waals surface area contributed by atoms with E-state index in [-0.39, 0.29) is 35.2 Å². The highest BCUT2D eigenvalue weighted by Crippen LogP contribution is 2.58. The summed E-state index contributed by atoms with van der Waals surface area (Å²) in [6, 6.07) is 0. The molecule has 0 aromatic rings. The first-order valence-corrected chi connectivity index (χ1v) is 9.30. The van der Waals surface area contributed by atoms with Gasteiger partial charge in [-0.3, -0.25) is 4.79 Å². The molecule has 6 nitrogen and oxygen atoms in total. The Kier molecular flexibility index (Phi) is 4.65. The minimum atomic E-state index is -0.654. The van der Waals surface area contributed by atoms with E-state index in [0.29, 0.717) is 12.8 Å². The minimum absolute atomic E-state index is 0.106. The van der Waals surface area contributed by atoms with E-state index in [1.165, 1.54) is 6.92 Å². The molecule has 144 valence electrons. The fourth-order valence-corrected chi connectivity index (χ4v) is 5.39. The number of carbonyl (C=O) groups is 3. The molecule has 4 rings (SSSR count). The van der Waals surface area contributed by atoms with E-state index in [4.69, 9.17) is 14.2 Å². The average molecular weight is 364 g/mol. The van der Waals surface area contributed by atoms with Gasteiger partial charge in [-0.2, -0.15) is 0 Å². The predicted molar refractivity (Wildman–Crippen MR) is 92.9 cm³/mol. The second-order valence-electron chi connectivity index (χ2n) is 8.86. The number of cyclic esters (lactones) is 1. The number of carbonyl (C=O) groups excluding carboxylic acids is 3. The standard InChI is InChI=1S/C20H28O6/c1-11(2)17(22)24-10-14(21)25-20(5)8-12-6-7-13(9-20)16-15(12)18(23)26-19(16,3)4/h12-13,15-16H,1,6-10H2,2-5H3. The molecule has 5 atom stereocenters. The van der Waals surface area contributed by atoms with Crippen LogP contribution in [0.5, 0.6) is 0 Å². The zero-order valence-corrected chi connectivity index (χ0v) is 16.0. The molecular weight excluding hydrogens is 336 g/mol. The van der Waals surface area contributed by atoms with Crippen LogP contribution < -0.4 is 0 Å². The lowest BCUT2D eigenvalue weighted by atomic mass is 9.64. The van der Waals surface area contributed by atoms with Gasteiger partial charge in [-0.25, -0.2) is 9.59 Å². The van der Waals surface area contributed by atoms with Crippen LogP contribution in [0.15, 0.2) is 12.2 Å². The molecule has 0 amide bonds. The third kappa shape index (κ3) is 3.38. The largest absolute Gasteiger partial charge is 0.459 e. The summed E-state index contributed by atoms with van der Waals surface area (Å²) in [5.74, 6) is -0.788. The molecule has 0 N–H and O–H groups in total. The van der Waals surface area contributed by atoms with Crippen LogP contribution in [0, 0.1) is 23.7 Å². The van der Waals surface area contributed by atoms with Gasteiger partial charge in [0, 0.05) is 11.5 Å². The third-order valence-electron chi connectivity index (χ3n) is 6.17. The van der Waals surface area contributed by atoms with E-state index in [1.54, 1.807) is 0 Å². The van der Waals surface area contributed by atoms with Gasteiger partial charge in [-0.1, -0.05) is 6.58 Å². The summed E-state index contributed by atoms with van der Waals surface area (Å²) in [6.45, 7) is 10.5. The second kappa shape index (κ2) is 6.39. The van der Waals surface area contributed by atoms with Crippen molar-refractivity contribution >= 4 is 17.9 Å². The molecule has 4 fully saturated rings. The fraction of sp³-hybridized carbons (Fsp3) is 0.750. The van der Waals surface area contributed by atoms with E-state index >= 15 is 0 Å². The average Bonchev–Trinajstić information content (AvgIpc) is 2.64. The van der Waals surface area contributed by atoms with Gasteiger partial charge in [0.1, 0.15) is 11.2 Å². The van der Waals surface area contributed by atoms with Gasteiger partial charge in [0.25, 0.3) is 0 Å². The summed E-state index contributed by atoms with van der Waals surface area (Å²) in [5, 5.41) is 0. The van der Waals surface area contributed by atoms with Gasteiger partial charge in [-0.05, 0) is 65.2 Å². The summed E-state index contributed by atoms with van der Waals surface area (Å²) < 4.78 is 16.3. The number of fused-ring (bicyclic) bond motifs is 3. The van der Waals surface area contributed by atoms with Crippen molar-refractivity contribution in [2.24, 2.45) is 23.7 Å². The van der Waals surface area contributed by atoms with Crippen LogP contribution in [0.4, 0.5) is 0 Å². The Morgan fingerprint density at radius 3 is 2.46 bits per heavy atom. The van der Waals surface area contributed by atoms with Crippen molar-refractivity contribution in [1.82, 2.24) is 0 Å². The summed E-state index contributed by atoms with van der Waals surface area (Å²) >= 11 is 0. The zero-order chi connectivity index (χ0) is 19.3. The maximum Gasteiger partial charge on any atom is 0.344 e. The van der Waals surface area contributed by atoms with Crippen LogP contribution in [0.2, 0.25) is 0 Å². The summed E-state index contributed by atoms with van der Waals surface area (Å²) in [7, 11) is 0. The number of hydrogen-bond donors (Lipinski definition) is 0. The monoisotopic (exact) mass is 364 g/mol. The Hall–Kier alpha value is -1.85. The molecule has 1 heterocycles. The predicted octanol–water partition coefficient (Wildman–Crippen LogP) is 2.80. The Bertz CT molecular complexity index is 651. The van der Waals surface area contributed by atoms with Gasteiger partial charge < -0.3 is 14.2 Å². The number of hydrogen-bond acceptors (Lipinski definition) is 6. The van der Waals surface area contributed by atoms with Crippen molar-refractivity contribution in [2.75, 3.05) is 6.61 Å².